The average molecular weight is 262 g/mol. The van der Waals surface area contributed by atoms with E-state index >= 15 is 0 Å². The highest BCUT2D eigenvalue weighted by Crippen LogP contribution is 2.13. The van der Waals surface area contributed by atoms with Crippen LogP contribution >= 0.6 is 0 Å². The van der Waals surface area contributed by atoms with Crippen LogP contribution in [0.15, 0.2) is 24.3 Å². The molecule has 2 rings (SSSR count). The van der Waals surface area contributed by atoms with E-state index < -0.39 is 0 Å². The predicted molar refractivity (Wildman–Crippen MR) is 79.5 cm³/mol. The molecule has 0 aliphatic carbocycles. The van der Waals surface area contributed by atoms with Crippen molar-refractivity contribution < 1.29 is 5.11 Å². The van der Waals surface area contributed by atoms with Crippen LogP contribution in [-0.4, -0.2) is 42.2 Å². The average Bonchev–Trinajstić information content (AvgIpc) is 2.41. The Hall–Kier alpha value is -1.06. The van der Waals surface area contributed by atoms with E-state index in [9.17, 15) is 5.11 Å². The van der Waals surface area contributed by atoms with Crippen molar-refractivity contribution in [3.63, 3.8) is 0 Å². The number of nitrogens with one attached hydrogen (secondary N) is 1. The van der Waals surface area contributed by atoms with Gasteiger partial charge in [0.1, 0.15) is 5.75 Å². The molecule has 19 heavy (non-hydrogen) atoms. The number of nitrogens with zero attached hydrogens (tertiary/aromatic N) is 1. The first-order valence-corrected chi connectivity index (χ1v) is 7.36. The van der Waals surface area contributed by atoms with Crippen molar-refractivity contribution in [2.75, 3.05) is 20.1 Å². The van der Waals surface area contributed by atoms with Crippen LogP contribution in [-0.2, 0) is 6.42 Å². The summed E-state index contributed by atoms with van der Waals surface area (Å²) in [7, 11) is 2.20. The highest BCUT2D eigenvalue weighted by molar-refractivity contribution is 5.25. The Labute approximate surface area is 116 Å². The number of aromatic hydroxyl groups is 1. The van der Waals surface area contributed by atoms with Crippen LogP contribution < -0.4 is 5.32 Å². The van der Waals surface area contributed by atoms with E-state index in [1.54, 1.807) is 12.1 Å². The molecule has 0 spiro atoms. The van der Waals surface area contributed by atoms with E-state index in [4.69, 9.17) is 0 Å². The molecule has 1 aliphatic heterocycles. The fourth-order valence-electron chi connectivity index (χ4n) is 2.71. The maximum absolute atomic E-state index is 9.26. The Bertz CT molecular complexity index is 369. The van der Waals surface area contributed by atoms with Crippen molar-refractivity contribution in [2.45, 2.75) is 44.7 Å². The smallest absolute Gasteiger partial charge is 0.115 e. The second-order valence-corrected chi connectivity index (χ2v) is 5.85. The lowest BCUT2D eigenvalue weighted by Crippen LogP contribution is -2.44. The van der Waals surface area contributed by atoms with E-state index in [1.165, 1.54) is 31.5 Å². The highest BCUT2D eigenvalue weighted by Gasteiger charge is 2.17. The number of hydrogen-bond acceptors (Lipinski definition) is 3. The van der Waals surface area contributed by atoms with E-state index in [-0.39, 0.29) is 0 Å². The van der Waals surface area contributed by atoms with Crippen LogP contribution in [0.25, 0.3) is 0 Å². The molecule has 3 nitrogen and oxygen atoms in total. The Morgan fingerprint density at radius 2 is 1.89 bits per heavy atom. The molecule has 0 aromatic heterocycles. The van der Waals surface area contributed by atoms with Crippen LogP contribution in [0.3, 0.4) is 0 Å². The van der Waals surface area contributed by atoms with E-state index in [0.717, 1.165) is 12.8 Å². The summed E-state index contributed by atoms with van der Waals surface area (Å²) in [5.74, 6) is 0.348. The number of piperidine rings is 1. The van der Waals surface area contributed by atoms with Gasteiger partial charge in [-0.15, -0.1) is 0 Å². The third kappa shape index (κ3) is 4.84. The first kappa shape index (κ1) is 14.4. The molecule has 0 amide bonds. The van der Waals surface area contributed by atoms with Crippen LogP contribution in [0, 0.1) is 0 Å². The largest absolute Gasteiger partial charge is 0.508 e. The lowest BCUT2D eigenvalue weighted by atomic mass is 10.0. The van der Waals surface area contributed by atoms with Gasteiger partial charge < -0.3 is 15.3 Å². The second-order valence-electron chi connectivity index (χ2n) is 5.85. The van der Waals surface area contributed by atoms with Gasteiger partial charge in [0.15, 0.2) is 0 Å². The lowest BCUT2D eigenvalue weighted by molar-refractivity contribution is 0.224. The zero-order valence-corrected chi connectivity index (χ0v) is 12.1. The van der Waals surface area contributed by atoms with Crippen LogP contribution in [0.4, 0.5) is 0 Å². The monoisotopic (exact) mass is 262 g/mol. The minimum atomic E-state index is 0.348. The summed E-state index contributed by atoms with van der Waals surface area (Å²) in [4.78, 5) is 2.40. The Balaban J connectivity index is 1.69. The quantitative estimate of drug-likeness (QED) is 0.855. The maximum atomic E-state index is 9.26. The minimum absolute atomic E-state index is 0.348. The molecule has 1 aromatic rings. The minimum Gasteiger partial charge on any atom is -0.508 e. The van der Waals surface area contributed by atoms with Gasteiger partial charge in [0.2, 0.25) is 0 Å². The number of phenolic OH excluding ortho intramolecular Hbond substituents is 1. The zero-order chi connectivity index (χ0) is 13.7. The summed E-state index contributed by atoms with van der Waals surface area (Å²) in [6.07, 6.45) is 4.75. The van der Waals surface area contributed by atoms with Gasteiger partial charge in [-0.1, -0.05) is 12.1 Å². The Morgan fingerprint density at radius 3 is 2.53 bits per heavy atom. The lowest BCUT2D eigenvalue weighted by Gasteiger charge is -2.31. The first-order chi connectivity index (χ1) is 9.13. The molecular weight excluding hydrogens is 236 g/mol. The second kappa shape index (κ2) is 6.92. The van der Waals surface area contributed by atoms with Crippen molar-refractivity contribution in [1.29, 1.82) is 0 Å². The molecule has 0 radical (unpaired) electrons. The first-order valence-electron chi connectivity index (χ1n) is 7.36. The molecule has 0 saturated carbocycles. The molecule has 0 bridgehead atoms. The van der Waals surface area contributed by atoms with E-state index in [0.29, 0.717) is 17.8 Å². The molecule has 3 heteroatoms. The van der Waals surface area contributed by atoms with Gasteiger partial charge >= 0.3 is 0 Å². The Kier molecular flexibility index (Phi) is 5.23. The van der Waals surface area contributed by atoms with Gasteiger partial charge in [0, 0.05) is 12.1 Å². The molecule has 1 atom stereocenters. The van der Waals surface area contributed by atoms with E-state index in [2.05, 4.69) is 24.2 Å². The summed E-state index contributed by atoms with van der Waals surface area (Å²) in [6.45, 7) is 4.70. The number of rotatable bonds is 5. The van der Waals surface area contributed by atoms with Gasteiger partial charge in [-0.05, 0) is 70.4 Å². The summed E-state index contributed by atoms with van der Waals surface area (Å²) in [5.41, 5.74) is 1.30. The molecule has 1 aromatic carbocycles. The fourth-order valence-corrected chi connectivity index (χ4v) is 2.71. The van der Waals surface area contributed by atoms with Crippen molar-refractivity contribution >= 4 is 0 Å². The predicted octanol–water partition coefficient (Wildman–Crippen LogP) is 2.40. The molecule has 2 N–H and O–H groups in total. The van der Waals surface area contributed by atoms with Crippen LogP contribution in [0.5, 0.6) is 5.75 Å². The van der Waals surface area contributed by atoms with Gasteiger partial charge in [-0.3, -0.25) is 0 Å². The van der Waals surface area contributed by atoms with Crippen molar-refractivity contribution in [2.24, 2.45) is 0 Å². The molecule has 106 valence electrons. The normalized spacial score (nSPS) is 19.5. The van der Waals surface area contributed by atoms with Crippen molar-refractivity contribution in [1.82, 2.24) is 10.2 Å². The fraction of sp³-hybridized carbons (Fsp3) is 0.625. The van der Waals surface area contributed by atoms with Gasteiger partial charge in [0.25, 0.3) is 0 Å². The number of likely N-dealkylation sites (tertiary alicyclic amines) is 1. The van der Waals surface area contributed by atoms with Gasteiger partial charge in [-0.25, -0.2) is 0 Å². The summed E-state index contributed by atoms with van der Waals surface area (Å²) in [6, 6.07) is 8.80. The van der Waals surface area contributed by atoms with Gasteiger partial charge in [-0.2, -0.15) is 0 Å². The molecule has 1 saturated heterocycles. The summed E-state index contributed by atoms with van der Waals surface area (Å²) in [5, 5.41) is 13.0. The Morgan fingerprint density at radius 1 is 1.26 bits per heavy atom. The van der Waals surface area contributed by atoms with E-state index in [1.807, 2.05) is 12.1 Å². The SMILES string of the molecule is CC(CCc1ccc(O)cc1)NC1CCN(C)CC1. The van der Waals surface area contributed by atoms with Crippen LogP contribution in [0.1, 0.15) is 31.7 Å². The standard InChI is InChI=1S/C16H26N2O/c1-13(17-15-9-11-18(2)12-10-15)3-4-14-5-7-16(19)8-6-14/h5-8,13,15,17,19H,3-4,9-12H2,1-2H3. The highest BCUT2D eigenvalue weighted by atomic mass is 16.3. The van der Waals surface area contributed by atoms with Crippen molar-refractivity contribution in [3.8, 4) is 5.75 Å². The van der Waals surface area contributed by atoms with Gasteiger partial charge in [0.05, 0.1) is 0 Å². The number of benzene rings is 1. The third-order valence-corrected chi connectivity index (χ3v) is 4.04. The zero-order valence-electron chi connectivity index (χ0n) is 12.1. The summed E-state index contributed by atoms with van der Waals surface area (Å²) >= 11 is 0. The molecule has 1 heterocycles. The number of phenols is 1. The number of hydrogen-bond donors (Lipinski definition) is 2. The topological polar surface area (TPSA) is 35.5 Å². The van der Waals surface area contributed by atoms with Crippen molar-refractivity contribution in [3.05, 3.63) is 29.8 Å². The van der Waals surface area contributed by atoms with Crippen LogP contribution in [0.2, 0.25) is 0 Å². The summed E-state index contributed by atoms with van der Waals surface area (Å²) < 4.78 is 0. The maximum Gasteiger partial charge on any atom is 0.115 e. The third-order valence-electron chi connectivity index (χ3n) is 4.04. The molecule has 1 fully saturated rings. The molecule has 1 unspecified atom stereocenters. The number of aryl methyl sites for hydroxylation is 1. The molecule has 1 aliphatic rings. The molecular formula is C16H26N2O.